The van der Waals surface area contributed by atoms with Crippen LogP contribution in [0.2, 0.25) is 0 Å². The number of carbonyl (C=O) groups excluding carboxylic acids is 2. The zero-order valence-corrected chi connectivity index (χ0v) is 16.6. The minimum atomic E-state index is -3.54. The van der Waals surface area contributed by atoms with Crippen LogP contribution in [-0.4, -0.2) is 45.6 Å². The van der Waals surface area contributed by atoms with Gasteiger partial charge in [-0.3, -0.25) is 14.3 Å². The maximum absolute atomic E-state index is 12.7. The highest BCUT2D eigenvalue weighted by molar-refractivity contribution is 7.92. The maximum Gasteiger partial charge on any atom is 0.253 e. The molecule has 1 aliphatic rings. The number of rotatable bonds is 5. The van der Waals surface area contributed by atoms with Crippen molar-refractivity contribution in [3.8, 4) is 0 Å². The highest BCUT2D eigenvalue weighted by Gasteiger charge is 2.24. The Bertz CT molecular complexity index is 770. The first-order chi connectivity index (χ1) is 11.7. The van der Waals surface area contributed by atoms with E-state index in [0.717, 1.165) is 25.8 Å². The van der Waals surface area contributed by atoms with Crippen LogP contribution in [0.3, 0.4) is 0 Å². The van der Waals surface area contributed by atoms with Gasteiger partial charge in [0.1, 0.15) is 0 Å². The quantitative estimate of drug-likeness (QED) is 0.587. The lowest BCUT2D eigenvalue weighted by molar-refractivity contribution is -0.114. The second kappa shape index (κ2) is 9.20. The number of halogens is 1. The van der Waals surface area contributed by atoms with Gasteiger partial charge in [-0.2, -0.15) is 0 Å². The first kappa shape index (κ1) is 22.2. The van der Waals surface area contributed by atoms with Crippen LogP contribution in [0.25, 0.3) is 0 Å². The number of nitrogens with one attached hydrogen (secondary N) is 4. The monoisotopic (exact) mass is 404 g/mol. The van der Waals surface area contributed by atoms with Gasteiger partial charge in [0.15, 0.2) is 0 Å². The molecule has 1 aliphatic heterocycles. The summed E-state index contributed by atoms with van der Waals surface area (Å²) in [6.45, 7) is 5.03. The molecule has 1 heterocycles. The fraction of sp³-hybridized carbons (Fsp3) is 0.500. The number of piperidine rings is 1. The number of hydrogen-bond acceptors (Lipinski definition) is 5. The molecule has 26 heavy (non-hydrogen) atoms. The van der Waals surface area contributed by atoms with Gasteiger partial charge in [-0.1, -0.05) is 6.92 Å². The summed E-state index contributed by atoms with van der Waals surface area (Å²) in [5.41, 5.74) is 0.771. The molecule has 0 aliphatic carbocycles. The number of anilines is 2. The van der Waals surface area contributed by atoms with Gasteiger partial charge >= 0.3 is 0 Å². The molecule has 4 N–H and O–H groups in total. The highest BCUT2D eigenvalue weighted by Crippen LogP contribution is 2.23. The molecule has 2 amide bonds. The molecule has 8 nitrogen and oxygen atoms in total. The van der Waals surface area contributed by atoms with E-state index >= 15 is 0 Å². The second-order valence-electron chi connectivity index (χ2n) is 6.37. The molecule has 1 aromatic carbocycles. The Kier molecular flexibility index (Phi) is 7.86. The molecule has 0 spiro atoms. The third-order valence-corrected chi connectivity index (χ3v) is 4.57. The third-order valence-electron chi connectivity index (χ3n) is 3.98. The molecule has 146 valence electrons. The van der Waals surface area contributed by atoms with Crippen LogP contribution in [0.5, 0.6) is 0 Å². The number of amides is 2. The fourth-order valence-electron chi connectivity index (χ4n) is 2.78. The number of sulfonamides is 1. The van der Waals surface area contributed by atoms with Gasteiger partial charge in [0.05, 0.1) is 17.5 Å². The van der Waals surface area contributed by atoms with Crippen molar-refractivity contribution in [1.29, 1.82) is 0 Å². The predicted octanol–water partition coefficient (Wildman–Crippen LogP) is 1.17. The third kappa shape index (κ3) is 6.47. The lowest BCUT2D eigenvalue weighted by Gasteiger charge is -2.30. The molecule has 2 rings (SSSR count). The smallest absolute Gasteiger partial charge is 0.253 e. The summed E-state index contributed by atoms with van der Waals surface area (Å²) in [6, 6.07) is 4.48. The zero-order chi connectivity index (χ0) is 18.6. The fourth-order valence-corrected chi connectivity index (χ4v) is 3.35. The van der Waals surface area contributed by atoms with E-state index in [1.54, 1.807) is 6.07 Å². The van der Waals surface area contributed by atoms with Crippen LogP contribution in [0.4, 0.5) is 11.4 Å². The lowest BCUT2D eigenvalue weighted by Crippen LogP contribution is -2.48. The Morgan fingerprint density at radius 1 is 1.27 bits per heavy atom. The van der Waals surface area contributed by atoms with Gasteiger partial charge in [0.25, 0.3) is 5.91 Å². The van der Waals surface area contributed by atoms with Crippen molar-refractivity contribution < 1.29 is 18.0 Å². The summed E-state index contributed by atoms with van der Waals surface area (Å²) in [5, 5.41) is 8.82. The van der Waals surface area contributed by atoms with Gasteiger partial charge < -0.3 is 16.0 Å². The van der Waals surface area contributed by atoms with E-state index in [1.807, 2.05) is 6.92 Å². The summed E-state index contributed by atoms with van der Waals surface area (Å²) in [7, 11) is -3.54. The van der Waals surface area contributed by atoms with Gasteiger partial charge in [-0.15, -0.1) is 12.4 Å². The summed E-state index contributed by atoms with van der Waals surface area (Å²) in [4.78, 5) is 24.0. The van der Waals surface area contributed by atoms with Crippen LogP contribution < -0.4 is 20.7 Å². The first-order valence-corrected chi connectivity index (χ1v) is 9.96. The zero-order valence-electron chi connectivity index (χ0n) is 15.0. The highest BCUT2D eigenvalue weighted by atomic mass is 35.5. The maximum atomic E-state index is 12.7. The molecule has 10 heteroatoms. The van der Waals surface area contributed by atoms with Crippen LogP contribution in [0, 0.1) is 5.92 Å². The summed E-state index contributed by atoms with van der Waals surface area (Å²) in [6.07, 6.45) is 1.82. The SMILES string of the molecule is CC(=O)Nc1ccc(NS(C)(=O)=O)c(C(=O)NC2CCNCC2C)c1.Cl. The van der Waals surface area contributed by atoms with Crippen LogP contribution >= 0.6 is 12.4 Å². The summed E-state index contributed by atoms with van der Waals surface area (Å²) < 4.78 is 25.5. The normalized spacial score (nSPS) is 19.8. The Hall–Kier alpha value is -1.84. The molecule has 0 saturated carbocycles. The van der Waals surface area contributed by atoms with Crippen molar-refractivity contribution in [2.24, 2.45) is 5.92 Å². The van der Waals surface area contributed by atoms with Crippen molar-refractivity contribution in [2.45, 2.75) is 26.3 Å². The first-order valence-electron chi connectivity index (χ1n) is 8.06. The number of hydrogen-bond donors (Lipinski definition) is 4. The average Bonchev–Trinajstić information content (AvgIpc) is 2.49. The summed E-state index contributed by atoms with van der Waals surface area (Å²) >= 11 is 0. The van der Waals surface area contributed by atoms with Crippen LogP contribution in [0.1, 0.15) is 30.6 Å². The molecule has 0 aromatic heterocycles. The second-order valence-corrected chi connectivity index (χ2v) is 8.11. The molecule has 2 unspecified atom stereocenters. The Labute approximate surface area is 160 Å². The molecule has 1 saturated heterocycles. The molecular formula is C16H25ClN4O4S. The molecular weight excluding hydrogens is 380 g/mol. The van der Waals surface area contributed by atoms with E-state index in [2.05, 4.69) is 20.7 Å². The van der Waals surface area contributed by atoms with Crippen LogP contribution in [0.15, 0.2) is 18.2 Å². The van der Waals surface area contributed by atoms with E-state index in [9.17, 15) is 18.0 Å². The van der Waals surface area contributed by atoms with E-state index in [4.69, 9.17) is 0 Å². The molecule has 0 bridgehead atoms. The minimum absolute atomic E-state index is 0. The average molecular weight is 405 g/mol. The predicted molar refractivity (Wildman–Crippen MR) is 104 cm³/mol. The Morgan fingerprint density at radius 2 is 1.96 bits per heavy atom. The van der Waals surface area contributed by atoms with E-state index < -0.39 is 10.0 Å². The Morgan fingerprint density at radius 3 is 2.54 bits per heavy atom. The van der Waals surface area contributed by atoms with Crippen molar-refractivity contribution in [1.82, 2.24) is 10.6 Å². The van der Waals surface area contributed by atoms with Gasteiger partial charge in [0.2, 0.25) is 15.9 Å². The largest absolute Gasteiger partial charge is 0.349 e. The topological polar surface area (TPSA) is 116 Å². The summed E-state index contributed by atoms with van der Waals surface area (Å²) in [5.74, 6) is -0.387. The Balaban J connectivity index is 0.00000338. The lowest BCUT2D eigenvalue weighted by atomic mass is 9.95. The van der Waals surface area contributed by atoms with Crippen molar-refractivity contribution in [3.63, 3.8) is 0 Å². The number of carbonyl (C=O) groups is 2. The van der Waals surface area contributed by atoms with Crippen molar-refractivity contribution >= 4 is 45.6 Å². The minimum Gasteiger partial charge on any atom is -0.349 e. The molecule has 2 atom stereocenters. The van der Waals surface area contributed by atoms with Gasteiger partial charge in [-0.05, 0) is 43.6 Å². The van der Waals surface area contributed by atoms with Crippen molar-refractivity contribution in [3.05, 3.63) is 23.8 Å². The van der Waals surface area contributed by atoms with Gasteiger partial charge in [-0.25, -0.2) is 8.42 Å². The molecule has 0 radical (unpaired) electrons. The van der Waals surface area contributed by atoms with Crippen molar-refractivity contribution in [2.75, 3.05) is 29.4 Å². The van der Waals surface area contributed by atoms with Crippen LogP contribution in [-0.2, 0) is 14.8 Å². The standard InChI is InChI=1S/C16H24N4O4S.ClH/c1-10-9-17-7-6-14(10)19-16(22)13-8-12(18-11(2)21)4-5-15(13)20-25(3,23)24;/h4-5,8,10,14,17,20H,6-7,9H2,1-3H3,(H,18,21)(H,19,22);1H. The van der Waals surface area contributed by atoms with E-state index in [-0.39, 0.29) is 47.4 Å². The van der Waals surface area contributed by atoms with E-state index in [0.29, 0.717) is 5.69 Å². The molecule has 1 fully saturated rings. The van der Waals surface area contributed by atoms with E-state index in [1.165, 1.54) is 19.1 Å². The van der Waals surface area contributed by atoms with Gasteiger partial charge in [0, 0.05) is 18.7 Å². The molecule has 1 aromatic rings. The number of benzene rings is 1.